The van der Waals surface area contributed by atoms with E-state index in [0.717, 1.165) is 39.1 Å². The van der Waals surface area contributed by atoms with Crippen molar-refractivity contribution >= 4 is 39.7 Å². The van der Waals surface area contributed by atoms with Gasteiger partial charge in [0.25, 0.3) is 0 Å². The molecule has 0 saturated carbocycles. The first-order valence-electron chi connectivity index (χ1n) is 7.74. The third-order valence-corrected chi connectivity index (χ3v) is 5.88. The topological polar surface area (TPSA) is 95.6 Å². The molecule has 2 N–H and O–H groups in total. The average Bonchev–Trinajstić information content (AvgIpc) is 2.59. The lowest BCUT2D eigenvalue weighted by Crippen LogP contribution is -2.44. The van der Waals surface area contributed by atoms with Crippen molar-refractivity contribution in [1.29, 1.82) is 0 Å². The van der Waals surface area contributed by atoms with Crippen LogP contribution < -0.4 is 10.6 Å². The minimum atomic E-state index is -2.89. The van der Waals surface area contributed by atoms with Gasteiger partial charge in [0.2, 0.25) is 0 Å². The molecule has 24 heavy (non-hydrogen) atoms. The number of thiol groups is 3. The minimum Gasteiger partial charge on any atom is -0.380 e. The molecule has 1 fully saturated rings. The summed E-state index contributed by atoms with van der Waals surface area (Å²) in [5, 5.41) is 6.49. The second-order valence-electron chi connectivity index (χ2n) is 5.62. The van der Waals surface area contributed by atoms with Crippen LogP contribution in [0.1, 0.15) is 6.42 Å². The summed E-state index contributed by atoms with van der Waals surface area (Å²) in [6.45, 7) is 4.87. The molecule has 0 aromatic heterocycles. The number of piperazine rings is 1. The van der Waals surface area contributed by atoms with Crippen molar-refractivity contribution in [1.82, 2.24) is 10.2 Å². The molecule has 0 unspecified atom stereocenters. The lowest BCUT2D eigenvalue weighted by Gasteiger charge is -2.29. The Morgan fingerprint density at radius 1 is 1.17 bits per heavy atom. The summed E-state index contributed by atoms with van der Waals surface area (Å²) in [7, 11) is -5.70. The van der Waals surface area contributed by atoms with Crippen LogP contribution >= 0.6 is 12.6 Å². The molecule has 0 radical (unpaired) electrons. The van der Waals surface area contributed by atoms with Crippen LogP contribution in [0.3, 0.4) is 0 Å². The highest BCUT2D eigenvalue weighted by atomic mass is 32.2. The third-order valence-electron chi connectivity index (χ3n) is 3.97. The van der Waals surface area contributed by atoms with Crippen LogP contribution in [-0.2, 0) is 21.4 Å². The average molecular weight is 394 g/mol. The van der Waals surface area contributed by atoms with Gasteiger partial charge in [-0.25, -0.2) is 16.8 Å². The summed E-state index contributed by atoms with van der Waals surface area (Å²) in [4.78, 5) is 2.35. The smallest absolute Gasteiger partial charge is 0.170 e. The predicted octanol–water partition coefficient (Wildman–Crippen LogP) is -0.367. The summed E-state index contributed by atoms with van der Waals surface area (Å²) < 4.78 is 45.0. The van der Waals surface area contributed by atoms with E-state index in [4.69, 9.17) is 0 Å². The molecule has 1 aromatic rings. The van der Waals surface area contributed by atoms with E-state index in [1.54, 1.807) is 0 Å². The van der Waals surface area contributed by atoms with Gasteiger partial charge in [-0.2, -0.15) is 12.6 Å². The van der Waals surface area contributed by atoms with Gasteiger partial charge >= 0.3 is 0 Å². The molecule has 1 atom stereocenters. The normalized spacial score (nSPS) is 17.3. The van der Waals surface area contributed by atoms with Gasteiger partial charge in [-0.1, -0.05) is 0 Å². The van der Waals surface area contributed by atoms with E-state index in [9.17, 15) is 16.8 Å². The minimum absolute atomic E-state index is 0.00350. The van der Waals surface area contributed by atoms with Crippen LogP contribution in [0.4, 0.5) is 5.69 Å². The van der Waals surface area contributed by atoms with Gasteiger partial charge in [-0.3, -0.25) is 0 Å². The van der Waals surface area contributed by atoms with Gasteiger partial charge < -0.3 is 15.5 Å². The quantitative estimate of drug-likeness (QED) is 0.385. The summed E-state index contributed by atoms with van der Waals surface area (Å²) in [6, 6.07) is 4.10. The lowest BCUT2D eigenvalue weighted by atomic mass is 10.2. The van der Waals surface area contributed by atoms with Gasteiger partial charge in [0.05, 0.1) is 15.5 Å². The van der Waals surface area contributed by atoms with Crippen LogP contribution in [0, 0.1) is 0 Å². The van der Waals surface area contributed by atoms with Crippen molar-refractivity contribution in [2.75, 3.05) is 43.8 Å². The molecule has 10 heteroatoms. The zero-order valence-electron chi connectivity index (χ0n) is 13.2. The van der Waals surface area contributed by atoms with E-state index in [0.29, 0.717) is 11.4 Å². The molecule has 0 aliphatic carbocycles. The van der Waals surface area contributed by atoms with Crippen molar-refractivity contribution in [3.05, 3.63) is 18.2 Å². The highest BCUT2D eigenvalue weighted by Crippen LogP contribution is 2.21. The Bertz CT molecular complexity index is 685. The number of nitrogens with one attached hydrogen (secondary N) is 2. The highest BCUT2D eigenvalue weighted by Gasteiger charge is 2.15. The predicted molar refractivity (Wildman–Crippen MR) is 98.8 cm³/mol. The molecule has 1 aliphatic heterocycles. The molecule has 1 aromatic carbocycles. The summed E-state index contributed by atoms with van der Waals surface area (Å²) in [5.74, 6) is 0.554. The Labute approximate surface area is 151 Å². The fraction of sp³-hybridized carbons (Fsp3) is 0.571. The van der Waals surface area contributed by atoms with E-state index < -0.39 is 21.4 Å². The largest absolute Gasteiger partial charge is 0.380 e. The lowest BCUT2D eigenvalue weighted by molar-refractivity contribution is 0.236. The highest BCUT2D eigenvalue weighted by molar-refractivity contribution is 7.80. The van der Waals surface area contributed by atoms with Crippen molar-refractivity contribution in [3.63, 3.8) is 0 Å². The van der Waals surface area contributed by atoms with Crippen LogP contribution in [-0.4, -0.2) is 66.3 Å². The molecular weight excluding hydrogens is 370 g/mol. The van der Waals surface area contributed by atoms with Crippen molar-refractivity contribution in [2.24, 2.45) is 0 Å². The fourth-order valence-electron chi connectivity index (χ4n) is 2.61. The van der Waals surface area contributed by atoms with Gasteiger partial charge in [0.1, 0.15) is 0 Å². The molecular formula is C14H23N3O4S3. The number of benzene rings is 1. The summed E-state index contributed by atoms with van der Waals surface area (Å²) in [5.41, 5.74) is 0.422. The van der Waals surface area contributed by atoms with E-state index in [1.165, 1.54) is 18.2 Å². The fourth-order valence-corrected chi connectivity index (χ4v) is 4.00. The number of hydrogen-bond donors (Lipinski definition) is 5. The summed E-state index contributed by atoms with van der Waals surface area (Å²) in [6.07, 6.45) is 0.830. The standard InChI is InChI=1S/C14H23N3O4S3/c18-23(19)12-1-2-13(14(9-12)24(20)21)16-11(10-22)3-6-17-7-4-15-5-8-17/h1-2,9,11,15-16,22-24H,3-8,10H2/t11-/m1/s1. The molecule has 0 amide bonds. The van der Waals surface area contributed by atoms with E-state index in [2.05, 4.69) is 28.2 Å². The Hall–Kier alpha value is -0.810. The zero-order chi connectivity index (χ0) is 17.5. The molecule has 0 spiro atoms. The molecule has 1 heterocycles. The third kappa shape index (κ3) is 5.62. The first-order valence-corrected chi connectivity index (χ1v) is 10.7. The SMILES string of the molecule is O=[SH](=O)c1ccc(N[C@@H](CS)CCN2CCNCC2)c([SH](=O)=O)c1. The first-order chi connectivity index (χ1) is 11.5. The number of anilines is 1. The van der Waals surface area contributed by atoms with Crippen molar-refractivity contribution in [3.8, 4) is 0 Å². The van der Waals surface area contributed by atoms with Gasteiger partial charge in [0, 0.05) is 44.5 Å². The van der Waals surface area contributed by atoms with Gasteiger partial charge in [-0.05, 0) is 24.6 Å². The second-order valence-corrected chi connectivity index (χ2v) is 8.01. The Morgan fingerprint density at radius 3 is 2.46 bits per heavy atom. The first kappa shape index (κ1) is 19.5. The second kappa shape index (κ2) is 9.62. The van der Waals surface area contributed by atoms with E-state index in [1.807, 2.05) is 0 Å². The van der Waals surface area contributed by atoms with Crippen molar-refractivity contribution in [2.45, 2.75) is 22.3 Å². The molecule has 1 aliphatic rings. The maximum atomic E-state index is 11.4. The van der Waals surface area contributed by atoms with Crippen LogP contribution in [0.2, 0.25) is 0 Å². The molecule has 136 valence electrons. The monoisotopic (exact) mass is 393 g/mol. The van der Waals surface area contributed by atoms with Crippen molar-refractivity contribution < 1.29 is 16.8 Å². The van der Waals surface area contributed by atoms with Crippen LogP contribution in [0.5, 0.6) is 0 Å². The molecule has 7 nitrogen and oxygen atoms in total. The Kier molecular flexibility index (Phi) is 7.82. The zero-order valence-corrected chi connectivity index (χ0v) is 15.9. The van der Waals surface area contributed by atoms with Gasteiger partial charge in [-0.15, -0.1) is 0 Å². The number of hydrogen-bond acceptors (Lipinski definition) is 8. The molecule has 2 rings (SSSR count). The van der Waals surface area contributed by atoms with Crippen LogP contribution in [0.15, 0.2) is 28.0 Å². The Morgan fingerprint density at radius 2 is 1.88 bits per heavy atom. The number of rotatable bonds is 8. The van der Waals surface area contributed by atoms with E-state index >= 15 is 0 Å². The maximum absolute atomic E-state index is 11.4. The van der Waals surface area contributed by atoms with Crippen LogP contribution in [0.25, 0.3) is 0 Å². The maximum Gasteiger partial charge on any atom is 0.170 e. The van der Waals surface area contributed by atoms with E-state index in [-0.39, 0.29) is 15.8 Å². The van der Waals surface area contributed by atoms with Gasteiger partial charge in [0.15, 0.2) is 21.4 Å². The molecule has 1 saturated heterocycles. The molecule has 0 bridgehead atoms. The summed E-state index contributed by atoms with van der Waals surface area (Å²) >= 11 is 4.34. The number of nitrogens with zero attached hydrogens (tertiary/aromatic N) is 1. The Balaban J connectivity index is 2.06.